The van der Waals surface area contributed by atoms with Gasteiger partial charge in [0.05, 0.1) is 5.69 Å². The van der Waals surface area contributed by atoms with Gasteiger partial charge in [-0.05, 0) is 38.5 Å². The second kappa shape index (κ2) is 7.04. The van der Waals surface area contributed by atoms with Crippen LogP contribution in [0.2, 0.25) is 0 Å². The summed E-state index contributed by atoms with van der Waals surface area (Å²) in [6, 6.07) is 13.8. The fourth-order valence-electron chi connectivity index (χ4n) is 1.85. The van der Waals surface area contributed by atoms with Crippen molar-refractivity contribution in [2.75, 3.05) is 0 Å². The van der Waals surface area contributed by atoms with E-state index < -0.39 is 11.7 Å². The quantitative estimate of drug-likeness (QED) is 0.850. The van der Waals surface area contributed by atoms with Crippen molar-refractivity contribution in [3.8, 4) is 11.3 Å². The van der Waals surface area contributed by atoms with E-state index >= 15 is 0 Å². The largest absolute Gasteiger partial charge is 0.443 e. The van der Waals surface area contributed by atoms with Gasteiger partial charge in [0.2, 0.25) is 0 Å². The summed E-state index contributed by atoms with van der Waals surface area (Å²) in [5.74, 6) is 0. The Balaban J connectivity index is 1.84. The Labute approximate surface area is 130 Å². The molecule has 0 aliphatic heterocycles. The molecule has 2 N–H and O–H groups in total. The number of amides is 1. The average molecular weight is 299 g/mol. The van der Waals surface area contributed by atoms with Crippen molar-refractivity contribution in [2.24, 2.45) is 0 Å². The molecule has 0 spiro atoms. The fourth-order valence-corrected chi connectivity index (χ4v) is 1.85. The van der Waals surface area contributed by atoms with E-state index in [9.17, 15) is 4.79 Å². The summed E-state index contributed by atoms with van der Waals surface area (Å²) < 4.78 is 5.13. The molecule has 5 nitrogen and oxygen atoms in total. The molecule has 1 aromatic heterocycles. The summed E-state index contributed by atoms with van der Waals surface area (Å²) >= 11 is 0. The first-order valence-electron chi connectivity index (χ1n) is 7.16. The number of nitrogens with one attached hydrogen (secondary N) is 2. The van der Waals surface area contributed by atoms with Gasteiger partial charge in [-0.2, -0.15) is 0 Å². The Bertz CT molecular complexity index is 604. The lowest BCUT2D eigenvalue weighted by atomic mass is 10.1. The van der Waals surface area contributed by atoms with E-state index in [0.717, 1.165) is 16.8 Å². The number of benzene rings is 1. The summed E-state index contributed by atoms with van der Waals surface area (Å²) in [4.78, 5) is 15.8. The SMILES string of the molecule is CC(C)(C)OC(=O)NNCc1ccc(-c2ccccn2)cc1. The summed E-state index contributed by atoms with van der Waals surface area (Å²) in [6.07, 6.45) is 1.29. The molecule has 1 amide bonds. The molecule has 22 heavy (non-hydrogen) atoms. The maximum Gasteiger partial charge on any atom is 0.422 e. The number of ether oxygens (including phenoxy) is 1. The lowest BCUT2D eigenvalue weighted by Crippen LogP contribution is -2.40. The van der Waals surface area contributed by atoms with Gasteiger partial charge in [0.15, 0.2) is 0 Å². The van der Waals surface area contributed by atoms with Crippen molar-refractivity contribution in [3.05, 3.63) is 54.2 Å². The van der Waals surface area contributed by atoms with Crippen molar-refractivity contribution < 1.29 is 9.53 Å². The Hall–Kier alpha value is -2.40. The van der Waals surface area contributed by atoms with Gasteiger partial charge < -0.3 is 4.74 Å². The molecular weight excluding hydrogens is 278 g/mol. The van der Waals surface area contributed by atoms with Crippen LogP contribution < -0.4 is 10.9 Å². The number of hydrogen-bond donors (Lipinski definition) is 2. The molecule has 0 atom stereocenters. The minimum Gasteiger partial charge on any atom is -0.443 e. The zero-order chi connectivity index (χ0) is 16.0. The first-order chi connectivity index (χ1) is 10.4. The van der Waals surface area contributed by atoms with Crippen LogP contribution >= 0.6 is 0 Å². The molecule has 0 saturated heterocycles. The second-order valence-corrected chi connectivity index (χ2v) is 5.89. The number of hydrazine groups is 1. The third-order valence-corrected chi connectivity index (χ3v) is 2.80. The summed E-state index contributed by atoms with van der Waals surface area (Å²) in [5, 5.41) is 0. The number of carbonyl (C=O) groups excluding carboxylic acids is 1. The first-order valence-corrected chi connectivity index (χ1v) is 7.16. The van der Waals surface area contributed by atoms with E-state index in [-0.39, 0.29) is 0 Å². The van der Waals surface area contributed by atoms with Gasteiger partial charge in [-0.1, -0.05) is 30.3 Å². The lowest BCUT2D eigenvalue weighted by molar-refractivity contribution is 0.0497. The molecule has 0 saturated carbocycles. The normalized spacial score (nSPS) is 11.0. The number of rotatable bonds is 4. The van der Waals surface area contributed by atoms with Crippen molar-refractivity contribution in [1.82, 2.24) is 15.8 Å². The molecule has 0 radical (unpaired) electrons. The maximum absolute atomic E-state index is 11.5. The molecule has 2 aromatic rings. The second-order valence-electron chi connectivity index (χ2n) is 5.89. The number of hydrogen-bond acceptors (Lipinski definition) is 4. The van der Waals surface area contributed by atoms with Crippen LogP contribution in [-0.4, -0.2) is 16.7 Å². The summed E-state index contributed by atoms with van der Waals surface area (Å²) in [6.45, 7) is 5.98. The number of nitrogens with zero attached hydrogens (tertiary/aromatic N) is 1. The van der Waals surface area contributed by atoms with Crippen LogP contribution in [0.15, 0.2) is 48.7 Å². The van der Waals surface area contributed by atoms with Crippen LogP contribution in [0.1, 0.15) is 26.3 Å². The molecule has 0 bridgehead atoms. The topological polar surface area (TPSA) is 63.2 Å². The van der Waals surface area contributed by atoms with E-state index in [1.165, 1.54) is 0 Å². The molecule has 116 valence electrons. The highest BCUT2D eigenvalue weighted by molar-refractivity contribution is 5.67. The first kappa shape index (κ1) is 16.0. The highest BCUT2D eigenvalue weighted by atomic mass is 16.6. The fraction of sp³-hybridized carbons (Fsp3) is 0.294. The van der Waals surface area contributed by atoms with Crippen LogP contribution in [0.25, 0.3) is 11.3 Å². The van der Waals surface area contributed by atoms with Crippen molar-refractivity contribution in [1.29, 1.82) is 0 Å². The molecule has 0 unspecified atom stereocenters. The van der Waals surface area contributed by atoms with Crippen LogP contribution in [0, 0.1) is 0 Å². The minimum absolute atomic E-state index is 0.488. The maximum atomic E-state index is 11.5. The van der Waals surface area contributed by atoms with Crippen LogP contribution in [-0.2, 0) is 11.3 Å². The Kier molecular flexibility index (Phi) is 5.12. The van der Waals surface area contributed by atoms with E-state index in [1.807, 2.05) is 63.2 Å². The molecule has 2 rings (SSSR count). The molecule has 0 aliphatic carbocycles. The molecule has 0 fully saturated rings. The van der Waals surface area contributed by atoms with Gasteiger partial charge in [0, 0.05) is 18.3 Å². The van der Waals surface area contributed by atoms with Gasteiger partial charge in [0.1, 0.15) is 5.60 Å². The van der Waals surface area contributed by atoms with Gasteiger partial charge in [-0.15, -0.1) is 0 Å². The lowest BCUT2D eigenvalue weighted by Gasteiger charge is -2.19. The van der Waals surface area contributed by atoms with Crippen LogP contribution in [0.5, 0.6) is 0 Å². The summed E-state index contributed by atoms with van der Waals surface area (Å²) in [5.41, 5.74) is 7.90. The predicted octanol–water partition coefficient (Wildman–Crippen LogP) is 3.28. The van der Waals surface area contributed by atoms with Crippen molar-refractivity contribution in [2.45, 2.75) is 32.9 Å². The third-order valence-electron chi connectivity index (χ3n) is 2.80. The molecule has 0 aliphatic rings. The Morgan fingerprint density at radius 2 is 1.86 bits per heavy atom. The smallest absolute Gasteiger partial charge is 0.422 e. The molecular formula is C17H21N3O2. The highest BCUT2D eigenvalue weighted by Gasteiger charge is 2.15. The van der Waals surface area contributed by atoms with E-state index in [4.69, 9.17) is 4.74 Å². The van der Waals surface area contributed by atoms with Gasteiger partial charge in [0.25, 0.3) is 0 Å². The van der Waals surface area contributed by atoms with E-state index in [0.29, 0.717) is 6.54 Å². The number of pyridine rings is 1. The molecule has 1 heterocycles. The monoisotopic (exact) mass is 299 g/mol. The predicted molar refractivity (Wildman–Crippen MR) is 85.9 cm³/mol. The van der Waals surface area contributed by atoms with Crippen molar-refractivity contribution in [3.63, 3.8) is 0 Å². The Morgan fingerprint density at radius 1 is 1.14 bits per heavy atom. The molecule has 5 heteroatoms. The van der Waals surface area contributed by atoms with Crippen molar-refractivity contribution >= 4 is 6.09 Å². The zero-order valence-corrected chi connectivity index (χ0v) is 13.1. The minimum atomic E-state index is -0.504. The van der Waals surface area contributed by atoms with Gasteiger partial charge >= 0.3 is 6.09 Å². The van der Waals surface area contributed by atoms with Crippen LogP contribution in [0.4, 0.5) is 4.79 Å². The third kappa shape index (κ3) is 5.18. The van der Waals surface area contributed by atoms with Gasteiger partial charge in [-0.3, -0.25) is 10.4 Å². The van der Waals surface area contributed by atoms with E-state index in [2.05, 4.69) is 15.8 Å². The van der Waals surface area contributed by atoms with Gasteiger partial charge in [-0.25, -0.2) is 10.2 Å². The van der Waals surface area contributed by atoms with Crippen LogP contribution in [0.3, 0.4) is 0 Å². The standard InChI is InChI=1S/C17H21N3O2/c1-17(2,3)22-16(21)20-19-12-13-7-9-14(10-8-13)15-6-4-5-11-18-15/h4-11,19H,12H2,1-3H3,(H,20,21). The Morgan fingerprint density at radius 3 is 2.45 bits per heavy atom. The average Bonchev–Trinajstić information content (AvgIpc) is 2.47. The number of carbonyl (C=O) groups is 1. The summed E-state index contributed by atoms with van der Waals surface area (Å²) in [7, 11) is 0. The number of aromatic nitrogens is 1. The van der Waals surface area contributed by atoms with E-state index in [1.54, 1.807) is 6.20 Å². The highest BCUT2D eigenvalue weighted by Crippen LogP contribution is 2.16. The molecule has 1 aromatic carbocycles. The zero-order valence-electron chi connectivity index (χ0n) is 13.1.